The van der Waals surface area contributed by atoms with E-state index in [0.29, 0.717) is 37.6 Å². The van der Waals surface area contributed by atoms with Gasteiger partial charge in [-0.1, -0.05) is 66.2 Å². The first kappa shape index (κ1) is 23.8. The lowest BCUT2D eigenvalue weighted by Crippen LogP contribution is -2.48. The highest BCUT2D eigenvalue weighted by atomic mass is 16.5. The number of aryl methyl sites for hydroxylation is 1. The first-order chi connectivity index (χ1) is 17.5. The zero-order valence-corrected chi connectivity index (χ0v) is 20.4. The Kier molecular flexibility index (Phi) is 6.61. The lowest BCUT2D eigenvalue weighted by molar-refractivity contribution is -0.146. The summed E-state index contributed by atoms with van der Waals surface area (Å²) in [6, 6.07) is 15.5. The Balaban J connectivity index is 1.57. The van der Waals surface area contributed by atoms with Crippen LogP contribution in [-0.2, 0) is 14.3 Å². The summed E-state index contributed by atoms with van der Waals surface area (Å²) in [5, 5.41) is 3.01. The van der Waals surface area contributed by atoms with E-state index in [-0.39, 0.29) is 30.9 Å². The Morgan fingerprint density at radius 3 is 2.58 bits per heavy atom. The molecule has 1 fully saturated rings. The molecule has 2 aromatic rings. The van der Waals surface area contributed by atoms with E-state index in [1.165, 1.54) is 0 Å². The third-order valence-electron chi connectivity index (χ3n) is 6.92. The van der Waals surface area contributed by atoms with Crippen LogP contribution in [0, 0.1) is 6.92 Å². The lowest BCUT2D eigenvalue weighted by Gasteiger charge is -2.35. The Hall–Kier alpha value is -3.91. The Morgan fingerprint density at radius 2 is 1.89 bits per heavy atom. The van der Waals surface area contributed by atoms with Gasteiger partial charge in [-0.05, 0) is 18.1 Å². The summed E-state index contributed by atoms with van der Waals surface area (Å²) >= 11 is 0. The molecule has 0 aliphatic carbocycles. The summed E-state index contributed by atoms with van der Waals surface area (Å²) in [6.45, 7) is 8.08. The SMILES string of the molecule is C=CCN1C(=O)NC(c2cccc(C)c2)C2=C1CN(C(C(=O)N1CCOCC1)c1ccccc1)C2=O. The van der Waals surface area contributed by atoms with Gasteiger partial charge in [-0.3, -0.25) is 14.5 Å². The van der Waals surface area contributed by atoms with E-state index >= 15 is 0 Å². The van der Waals surface area contributed by atoms with Crippen LogP contribution in [0.25, 0.3) is 0 Å². The standard InChI is InChI=1S/C28H30N4O4/c1-3-12-31-22-18-32(25(20-9-5-4-6-10-20)27(34)30-13-15-36-16-14-30)26(33)23(22)24(29-28(31)35)21-11-7-8-19(2)17-21/h3-11,17,24-25H,1,12-16,18H2,2H3,(H,29,35). The number of morpholine rings is 1. The van der Waals surface area contributed by atoms with Crippen molar-refractivity contribution in [2.75, 3.05) is 39.4 Å². The maximum absolute atomic E-state index is 14.1. The number of nitrogens with one attached hydrogen (secondary N) is 1. The Morgan fingerprint density at radius 1 is 1.14 bits per heavy atom. The summed E-state index contributed by atoms with van der Waals surface area (Å²) in [5.74, 6) is -0.389. The second kappa shape index (κ2) is 9.99. The normalized spacial score (nSPS) is 20.8. The van der Waals surface area contributed by atoms with Crippen molar-refractivity contribution in [3.05, 3.63) is 95.2 Å². The maximum Gasteiger partial charge on any atom is 0.322 e. The maximum atomic E-state index is 14.1. The molecule has 4 amide bonds. The van der Waals surface area contributed by atoms with E-state index in [9.17, 15) is 14.4 Å². The number of nitrogens with zero attached hydrogens (tertiary/aromatic N) is 3. The van der Waals surface area contributed by atoms with Crippen LogP contribution in [0.2, 0.25) is 0 Å². The fourth-order valence-electron chi connectivity index (χ4n) is 5.19. The number of amides is 4. The van der Waals surface area contributed by atoms with Gasteiger partial charge in [-0.15, -0.1) is 6.58 Å². The summed E-state index contributed by atoms with van der Waals surface area (Å²) in [6.07, 6.45) is 1.64. The molecule has 0 radical (unpaired) electrons. The van der Waals surface area contributed by atoms with Crippen LogP contribution in [0.4, 0.5) is 4.79 Å². The molecule has 2 atom stereocenters. The van der Waals surface area contributed by atoms with Gasteiger partial charge < -0.3 is 19.9 Å². The second-order valence-corrected chi connectivity index (χ2v) is 9.24. The highest BCUT2D eigenvalue weighted by Crippen LogP contribution is 2.40. The molecule has 0 spiro atoms. The molecule has 0 saturated carbocycles. The van der Waals surface area contributed by atoms with Crippen molar-refractivity contribution in [1.29, 1.82) is 0 Å². The molecule has 8 nitrogen and oxygen atoms in total. The smallest absolute Gasteiger partial charge is 0.322 e. The molecule has 36 heavy (non-hydrogen) atoms. The van der Waals surface area contributed by atoms with E-state index in [0.717, 1.165) is 16.7 Å². The molecule has 3 aliphatic rings. The Labute approximate surface area is 210 Å². The summed E-state index contributed by atoms with van der Waals surface area (Å²) in [4.78, 5) is 46.0. The third kappa shape index (κ3) is 4.28. The van der Waals surface area contributed by atoms with Gasteiger partial charge in [0.2, 0.25) is 5.91 Å². The third-order valence-corrected chi connectivity index (χ3v) is 6.92. The fourth-order valence-corrected chi connectivity index (χ4v) is 5.19. The predicted molar refractivity (Wildman–Crippen MR) is 135 cm³/mol. The molecule has 5 rings (SSSR count). The minimum Gasteiger partial charge on any atom is -0.378 e. The second-order valence-electron chi connectivity index (χ2n) is 9.24. The van der Waals surface area contributed by atoms with Crippen LogP contribution in [-0.4, -0.2) is 71.9 Å². The zero-order valence-electron chi connectivity index (χ0n) is 20.4. The molecular weight excluding hydrogens is 456 g/mol. The van der Waals surface area contributed by atoms with E-state index in [4.69, 9.17) is 4.74 Å². The molecule has 2 unspecified atom stereocenters. The molecule has 0 aromatic heterocycles. The van der Waals surface area contributed by atoms with Gasteiger partial charge in [0.15, 0.2) is 0 Å². The highest BCUT2D eigenvalue weighted by Gasteiger charge is 2.48. The number of rotatable bonds is 6. The van der Waals surface area contributed by atoms with Crippen LogP contribution < -0.4 is 5.32 Å². The predicted octanol–water partition coefficient (Wildman–Crippen LogP) is 2.94. The molecule has 8 heteroatoms. The summed E-state index contributed by atoms with van der Waals surface area (Å²) in [7, 11) is 0. The van der Waals surface area contributed by atoms with E-state index in [1.807, 2.05) is 61.5 Å². The monoisotopic (exact) mass is 486 g/mol. The van der Waals surface area contributed by atoms with Gasteiger partial charge in [0.05, 0.1) is 37.1 Å². The molecule has 1 N–H and O–H groups in total. The minimum atomic E-state index is -0.804. The van der Waals surface area contributed by atoms with Crippen LogP contribution in [0.3, 0.4) is 0 Å². The van der Waals surface area contributed by atoms with Gasteiger partial charge in [-0.25, -0.2) is 4.79 Å². The average molecular weight is 487 g/mol. The molecule has 3 aliphatic heterocycles. The topological polar surface area (TPSA) is 82.2 Å². The van der Waals surface area contributed by atoms with E-state index in [1.54, 1.807) is 20.8 Å². The minimum absolute atomic E-state index is 0.139. The van der Waals surface area contributed by atoms with Gasteiger partial charge in [0, 0.05) is 19.6 Å². The van der Waals surface area contributed by atoms with Crippen molar-refractivity contribution < 1.29 is 19.1 Å². The first-order valence-corrected chi connectivity index (χ1v) is 12.2. The van der Waals surface area contributed by atoms with Crippen molar-refractivity contribution in [2.45, 2.75) is 19.0 Å². The molecule has 2 aromatic carbocycles. The number of hydrogen-bond donors (Lipinski definition) is 1. The summed E-state index contributed by atoms with van der Waals surface area (Å²) < 4.78 is 5.44. The van der Waals surface area contributed by atoms with Crippen molar-refractivity contribution in [2.24, 2.45) is 0 Å². The van der Waals surface area contributed by atoms with Gasteiger partial charge in [0.25, 0.3) is 5.91 Å². The van der Waals surface area contributed by atoms with E-state index in [2.05, 4.69) is 11.9 Å². The fraction of sp³-hybridized carbons (Fsp3) is 0.321. The van der Waals surface area contributed by atoms with Gasteiger partial charge >= 0.3 is 6.03 Å². The van der Waals surface area contributed by atoms with Gasteiger partial charge in [-0.2, -0.15) is 0 Å². The van der Waals surface area contributed by atoms with E-state index < -0.39 is 12.1 Å². The van der Waals surface area contributed by atoms with Crippen molar-refractivity contribution in [3.8, 4) is 0 Å². The van der Waals surface area contributed by atoms with Crippen molar-refractivity contribution >= 4 is 17.8 Å². The lowest BCUT2D eigenvalue weighted by atomic mass is 9.94. The average Bonchev–Trinajstić information content (AvgIpc) is 3.23. The number of benzene rings is 2. The highest BCUT2D eigenvalue weighted by molar-refractivity contribution is 6.04. The molecular formula is C28H30N4O4. The first-order valence-electron chi connectivity index (χ1n) is 12.2. The number of urea groups is 1. The van der Waals surface area contributed by atoms with Crippen LogP contribution >= 0.6 is 0 Å². The number of carbonyl (C=O) groups excluding carboxylic acids is 3. The van der Waals surface area contributed by atoms with Crippen LogP contribution in [0.15, 0.2) is 78.5 Å². The number of ether oxygens (including phenoxy) is 1. The van der Waals surface area contributed by atoms with Gasteiger partial charge in [0.1, 0.15) is 6.04 Å². The number of carbonyl (C=O) groups is 3. The largest absolute Gasteiger partial charge is 0.378 e. The number of hydrogen-bond acceptors (Lipinski definition) is 4. The molecule has 186 valence electrons. The molecule has 0 bridgehead atoms. The molecule has 3 heterocycles. The Bertz CT molecular complexity index is 1220. The van der Waals surface area contributed by atoms with Crippen LogP contribution in [0.5, 0.6) is 0 Å². The van der Waals surface area contributed by atoms with Crippen molar-refractivity contribution in [1.82, 2.24) is 20.0 Å². The van der Waals surface area contributed by atoms with Crippen molar-refractivity contribution in [3.63, 3.8) is 0 Å². The summed E-state index contributed by atoms with van der Waals surface area (Å²) in [5.41, 5.74) is 3.72. The molecule has 1 saturated heterocycles. The quantitative estimate of drug-likeness (QED) is 0.637. The zero-order chi connectivity index (χ0) is 25.2. The van der Waals surface area contributed by atoms with Crippen LogP contribution in [0.1, 0.15) is 28.8 Å².